The number of hydrogen-bond acceptors (Lipinski definition) is 3. The normalized spacial score (nSPS) is 29.9. The average molecular weight is 245 g/mol. The topological polar surface area (TPSA) is 29.5 Å². The van der Waals surface area contributed by atoms with E-state index in [-0.39, 0.29) is 10.8 Å². The Balaban J connectivity index is 2.28. The zero-order valence-corrected chi connectivity index (χ0v) is 9.96. The van der Waals surface area contributed by atoms with Gasteiger partial charge in [-0.25, -0.2) is 0 Å². The molecule has 1 aliphatic rings. The van der Waals surface area contributed by atoms with E-state index in [1.807, 2.05) is 31.2 Å². The monoisotopic (exact) mass is 244 g/mol. The lowest BCUT2D eigenvalue weighted by atomic mass is 10.1. The second kappa shape index (κ2) is 4.74. The molecule has 1 heterocycles. The molecule has 0 spiro atoms. The number of fused-ring (bicyclic) bond motifs is 1. The number of benzene rings is 1. The van der Waals surface area contributed by atoms with Crippen molar-refractivity contribution in [3.05, 3.63) is 29.8 Å². The van der Waals surface area contributed by atoms with Gasteiger partial charge in [-0.3, -0.25) is 0 Å². The minimum atomic E-state index is -0.638. The van der Waals surface area contributed by atoms with Gasteiger partial charge in [-0.1, -0.05) is 30.0 Å². The summed E-state index contributed by atoms with van der Waals surface area (Å²) in [5, 5.41) is 9.62. The largest absolute Gasteiger partial charge is 0.387 e. The summed E-state index contributed by atoms with van der Waals surface area (Å²) >= 11 is 7.72. The number of ether oxygens (including phenoxy) is 1. The third-order valence-corrected chi connectivity index (χ3v) is 4.28. The van der Waals surface area contributed by atoms with Crippen LogP contribution in [0.3, 0.4) is 0 Å². The molecule has 1 N–H and O–H groups in total. The molecule has 0 saturated carbocycles. The van der Waals surface area contributed by atoms with Crippen LogP contribution in [0.25, 0.3) is 0 Å². The lowest BCUT2D eigenvalue weighted by molar-refractivity contribution is 0.0686. The lowest BCUT2D eigenvalue weighted by Crippen LogP contribution is -2.31. The predicted octanol–water partition coefficient (Wildman–Crippen LogP) is 2.80. The van der Waals surface area contributed by atoms with E-state index in [0.29, 0.717) is 6.61 Å². The summed E-state index contributed by atoms with van der Waals surface area (Å²) in [5.41, 5.74) is 0.736. The van der Waals surface area contributed by atoms with Crippen molar-refractivity contribution in [2.24, 2.45) is 0 Å². The third-order valence-electron chi connectivity index (χ3n) is 2.37. The first-order valence-corrected chi connectivity index (χ1v) is 6.25. The van der Waals surface area contributed by atoms with Crippen LogP contribution < -0.4 is 0 Å². The minimum absolute atomic E-state index is 0.165. The van der Waals surface area contributed by atoms with Gasteiger partial charge in [-0.2, -0.15) is 0 Å². The number of rotatable bonds is 2. The van der Waals surface area contributed by atoms with E-state index in [2.05, 4.69) is 0 Å². The summed E-state index contributed by atoms with van der Waals surface area (Å²) in [5.74, 6) is 0. The van der Waals surface area contributed by atoms with Crippen molar-refractivity contribution >= 4 is 23.4 Å². The number of thioether (sulfide) groups is 1. The molecular formula is C11H13ClO2S. The standard InChI is InChI=1S/C11H13ClO2S/c1-2-14-11-9(12)10(13)7-5-3-4-6-8(7)15-11/h3-6,9-11,13H,2H2,1H3/t9-,10-,11+/m0/s1. The molecule has 0 aromatic heterocycles. The fourth-order valence-electron chi connectivity index (χ4n) is 1.63. The predicted molar refractivity (Wildman–Crippen MR) is 62.3 cm³/mol. The maximum absolute atomic E-state index is 10.0. The lowest BCUT2D eigenvalue weighted by Gasteiger charge is -2.32. The first-order chi connectivity index (χ1) is 7.24. The van der Waals surface area contributed by atoms with Gasteiger partial charge >= 0.3 is 0 Å². The van der Waals surface area contributed by atoms with Gasteiger partial charge in [0.25, 0.3) is 0 Å². The number of hydrogen-bond donors (Lipinski definition) is 1. The fraction of sp³-hybridized carbons (Fsp3) is 0.455. The SMILES string of the molecule is CCO[C@@H]1Sc2ccccc2[C@H](O)[C@@H]1Cl. The Morgan fingerprint density at radius 3 is 2.93 bits per heavy atom. The zero-order valence-electron chi connectivity index (χ0n) is 8.39. The van der Waals surface area contributed by atoms with Crippen molar-refractivity contribution in [1.29, 1.82) is 0 Å². The Kier molecular flexibility index (Phi) is 3.57. The smallest absolute Gasteiger partial charge is 0.126 e. The van der Waals surface area contributed by atoms with Crippen LogP contribution in [0.4, 0.5) is 0 Å². The van der Waals surface area contributed by atoms with Crippen molar-refractivity contribution in [2.45, 2.75) is 28.7 Å². The molecule has 0 radical (unpaired) electrons. The minimum Gasteiger partial charge on any atom is -0.387 e. The molecule has 0 bridgehead atoms. The molecule has 15 heavy (non-hydrogen) atoms. The Labute approximate surface area is 98.6 Å². The summed E-state index contributed by atoms with van der Waals surface area (Å²) in [6.07, 6.45) is -0.638. The molecule has 0 fully saturated rings. The first-order valence-electron chi connectivity index (χ1n) is 4.93. The molecule has 0 aliphatic carbocycles. The van der Waals surface area contributed by atoms with Gasteiger partial charge in [0.1, 0.15) is 5.44 Å². The molecule has 82 valence electrons. The quantitative estimate of drug-likeness (QED) is 0.812. The van der Waals surface area contributed by atoms with Crippen LogP contribution in [0, 0.1) is 0 Å². The summed E-state index contributed by atoms with van der Waals surface area (Å²) in [7, 11) is 0. The van der Waals surface area contributed by atoms with Gasteiger partial charge in [0.15, 0.2) is 0 Å². The highest BCUT2D eigenvalue weighted by Gasteiger charge is 2.35. The molecule has 2 rings (SSSR count). The van der Waals surface area contributed by atoms with Crippen molar-refractivity contribution in [2.75, 3.05) is 6.61 Å². The van der Waals surface area contributed by atoms with Crippen LogP contribution in [0.2, 0.25) is 0 Å². The number of aliphatic hydroxyl groups excluding tert-OH is 1. The number of alkyl halides is 1. The molecule has 0 unspecified atom stereocenters. The maximum atomic E-state index is 10.0. The van der Waals surface area contributed by atoms with Gasteiger partial charge in [-0.15, -0.1) is 11.6 Å². The van der Waals surface area contributed by atoms with Crippen molar-refractivity contribution < 1.29 is 9.84 Å². The Bertz CT molecular complexity index is 345. The summed E-state index contributed by atoms with van der Waals surface area (Å²) < 4.78 is 5.49. The van der Waals surface area contributed by atoms with Crippen LogP contribution in [-0.2, 0) is 4.74 Å². The van der Waals surface area contributed by atoms with Crippen LogP contribution in [0.5, 0.6) is 0 Å². The van der Waals surface area contributed by atoms with E-state index in [0.717, 1.165) is 10.5 Å². The van der Waals surface area contributed by atoms with Crippen molar-refractivity contribution in [3.8, 4) is 0 Å². The van der Waals surface area contributed by atoms with E-state index in [9.17, 15) is 5.11 Å². The Morgan fingerprint density at radius 2 is 2.20 bits per heavy atom. The zero-order chi connectivity index (χ0) is 10.8. The van der Waals surface area contributed by atoms with Crippen LogP contribution >= 0.6 is 23.4 Å². The molecule has 0 amide bonds. The highest BCUT2D eigenvalue weighted by molar-refractivity contribution is 8.00. The summed E-state index contributed by atoms with van der Waals surface area (Å²) in [4.78, 5) is 1.06. The highest BCUT2D eigenvalue weighted by atomic mass is 35.5. The molecule has 2 nitrogen and oxygen atoms in total. The number of halogens is 1. The van der Waals surface area contributed by atoms with E-state index in [1.165, 1.54) is 0 Å². The Hall–Kier alpha value is -0.220. The average Bonchev–Trinajstić information content (AvgIpc) is 2.26. The van der Waals surface area contributed by atoms with Crippen LogP contribution in [0.15, 0.2) is 29.2 Å². The van der Waals surface area contributed by atoms with Crippen LogP contribution in [-0.4, -0.2) is 22.5 Å². The van der Waals surface area contributed by atoms with Crippen molar-refractivity contribution in [3.63, 3.8) is 0 Å². The molecule has 1 aromatic carbocycles. The van der Waals surface area contributed by atoms with Crippen molar-refractivity contribution in [1.82, 2.24) is 0 Å². The van der Waals surface area contributed by atoms with Gasteiger partial charge in [0.2, 0.25) is 0 Å². The molecule has 0 saturated heterocycles. The van der Waals surface area contributed by atoms with Gasteiger partial charge in [0, 0.05) is 11.5 Å². The maximum Gasteiger partial charge on any atom is 0.126 e. The van der Waals surface area contributed by atoms with E-state index >= 15 is 0 Å². The first kappa shape index (κ1) is 11.3. The summed E-state index contributed by atoms with van der Waals surface area (Å²) in [6, 6.07) is 7.76. The highest BCUT2D eigenvalue weighted by Crippen LogP contribution is 2.43. The third kappa shape index (κ3) is 2.16. The van der Waals surface area contributed by atoms with E-state index in [4.69, 9.17) is 16.3 Å². The number of aliphatic hydroxyl groups is 1. The second-order valence-electron chi connectivity index (χ2n) is 3.37. The molecule has 4 heteroatoms. The molecule has 1 aromatic rings. The Morgan fingerprint density at radius 1 is 1.47 bits per heavy atom. The van der Waals surface area contributed by atoms with Gasteiger partial charge < -0.3 is 9.84 Å². The summed E-state index contributed by atoms with van der Waals surface area (Å²) in [6.45, 7) is 2.53. The molecule has 3 atom stereocenters. The second-order valence-corrected chi connectivity index (χ2v) is 5.01. The van der Waals surface area contributed by atoms with Gasteiger partial charge in [0.05, 0.1) is 11.5 Å². The fourth-order valence-corrected chi connectivity index (χ4v) is 3.21. The van der Waals surface area contributed by atoms with E-state index < -0.39 is 6.10 Å². The molecule has 1 aliphatic heterocycles. The van der Waals surface area contributed by atoms with E-state index in [1.54, 1.807) is 11.8 Å². The van der Waals surface area contributed by atoms with Gasteiger partial charge in [-0.05, 0) is 18.6 Å². The molecular weight excluding hydrogens is 232 g/mol. The van der Waals surface area contributed by atoms with Crippen LogP contribution in [0.1, 0.15) is 18.6 Å².